The van der Waals surface area contributed by atoms with Gasteiger partial charge in [0.25, 0.3) is 5.91 Å². The highest BCUT2D eigenvalue weighted by Crippen LogP contribution is 2.26. The molecule has 1 amide bonds. The SMILES string of the molecule is CCCCCCOc1ccc(C(=O)NC(=S)Nc2ccccc2[C@H](C)CC)cc1. The average molecular weight is 413 g/mol. The molecule has 0 aliphatic carbocycles. The second-order valence-electron chi connectivity index (χ2n) is 7.24. The number of anilines is 1. The molecule has 4 nitrogen and oxygen atoms in total. The van der Waals surface area contributed by atoms with E-state index in [2.05, 4.69) is 37.5 Å². The lowest BCUT2D eigenvalue weighted by molar-refractivity contribution is 0.0977. The molecule has 0 unspecified atom stereocenters. The summed E-state index contributed by atoms with van der Waals surface area (Å²) in [6, 6.07) is 15.2. The minimum absolute atomic E-state index is 0.238. The summed E-state index contributed by atoms with van der Waals surface area (Å²) in [4.78, 5) is 12.5. The zero-order valence-corrected chi connectivity index (χ0v) is 18.5. The molecule has 2 aromatic carbocycles. The number of hydrogen-bond acceptors (Lipinski definition) is 3. The van der Waals surface area contributed by atoms with Crippen LogP contribution in [0.4, 0.5) is 5.69 Å². The number of benzene rings is 2. The van der Waals surface area contributed by atoms with Gasteiger partial charge in [0.05, 0.1) is 6.61 Å². The van der Waals surface area contributed by atoms with Gasteiger partial charge in [0.2, 0.25) is 0 Å². The normalized spacial score (nSPS) is 11.6. The monoisotopic (exact) mass is 412 g/mol. The third-order valence-electron chi connectivity index (χ3n) is 4.96. The Morgan fingerprint density at radius 2 is 1.76 bits per heavy atom. The maximum Gasteiger partial charge on any atom is 0.257 e. The molecule has 5 heteroatoms. The van der Waals surface area contributed by atoms with E-state index >= 15 is 0 Å². The molecule has 0 aliphatic heterocycles. The number of thiocarbonyl (C=S) groups is 1. The Morgan fingerprint density at radius 1 is 1.03 bits per heavy atom. The summed E-state index contributed by atoms with van der Waals surface area (Å²) >= 11 is 5.34. The van der Waals surface area contributed by atoms with Crippen molar-refractivity contribution in [2.24, 2.45) is 0 Å². The number of para-hydroxylation sites is 1. The number of hydrogen-bond donors (Lipinski definition) is 2. The van der Waals surface area contributed by atoms with Crippen LogP contribution in [0.25, 0.3) is 0 Å². The highest BCUT2D eigenvalue weighted by atomic mass is 32.1. The predicted molar refractivity (Wildman–Crippen MR) is 125 cm³/mol. The summed E-state index contributed by atoms with van der Waals surface area (Å²) in [7, 11) is 0. The lowest BCUT2D eigenvalue weighted by Crippen LogP contribution is -2.34. The fourth-order valence-electron chi connectivity index (χ4n) is 3.01. The maximum absolute atomic E-state index is 12.5. The first-order valence-corrected chi connectivity index (χ1v) is 10.9. The third-order valence-corrected chi connectivity index (χ3v) is 5.17. The van der Waals surface area contributed by atoms with Crippen LogP contribution in [-0.4, -0.2) is 17.6 Å². The van der Waals surface area contributed by atoms with Crippen molar-refractivity contribution >= 4 is 28.9 Å². The van der Waals surface area contributed by atoms with Crippen molar-refractivity contribution in [1.82, 2.24) is 5.32 Å². The lowest BCUT2D eigenvalue weighted by Gasteiger charge is -2.17. The van der Waals surface area contributed by atoms with Crippen molar-refractivity contribution in [3.63, 3.8) is 0 Å². The van der Waals surface area contributed by atoms with E-state index in [-0.39, 0.29) is 5.91 Å². The minimum atomic E-state index is -0.238. The van der Waals surface area contributed by atoms with Gasteiger partial charge in [0, 0.05) is 11.3 Å². The molecule has 0 heterocycles. The Balaban J connectivity index is 1.88. The van der Waals surface area contributed by atoms with Gasteiger partial charge in [-0.05, 0) is 66.9 Å². The van der Waals surface area contributed by atoms with Crippen molar-refractivity contribution < 1.29 is 9.53 Å². The van der Waals surface area contributed by atoms with Crippen LogP contribution in [0.3, 0.4) is 0 Å². The van der Waals surface area contributed by atoms with E-state index in [0.29, 0.717) is 23.2 Å². The molecule has 0 aromatic heterocycles. The van der Waals surface area contributed by atoms with E-state index in [1.54, 1.807) is 12.1 Å². The fourth-order valence-corrected chi connectivity index (χ4v) is 3.21. The van der Waals surface area contributed by atoms with Crippen molar-refractivity contribution in [3.8, 4) is 5.75 Å². The fraction of sp³-hybridized carbons (Fsp3) is 0.417. The zero-order chi connectivity index (χ0) is 21.1. The van der Waals surface area contributed by atoms with Gasteiger partial charge < -0.3 is 10.1 Å². The molecular formula is C24H32N2O2S. The number of unbranched alkanes of at least 4 members (excludes halogenated alkanes) is 3. The van der Waals surface area contributed by atoms with Crippen LogP contribution in [0.1, 0.15) is 74.7 Å². The molecule has 0 aliphatic rings. The van der Waals surface area contributed by atoms with Crippen LogP contribution in [0.2, 0.25) is 0 Å². The van der Waals surface area contributed by atoms with Crippen LogP contribution >= 0.6 is 12.2 Å². The molecule has 0 radical (unpaired) electrons. The van der Waals surface area contributed by atoms with Gasteiger partial charge in [0.15, 0.2) is 5.11 Å². The number of ether oxygens (including phenoxy) is 1. The predicted octanol–water partition coefficient (Wildman–Crippen LogP) is 6.29. The first-order chi connectivity index (χ1) is 14.0. The highest BCUT2D eigenvalue weighted by Gasteiger charge is 2.12. The molecule has 29 heavy (non-hydrogen) atoms. The van der Waals surface area contributed by atoms with E-state index in [0.717, 1.165) is 24.3 Å². The summed E-state index contributed by atoms with van der Waals surface area (Å²) in [5, 5.41) is 6.21. The van der Waals surface area contributed by atoms with Crippen LogP contribution in [0.15, 0.2) is 48.5 Å². The van der Waals surface area contributed by atoms with Crippen molar-refractivity contribution in [1.29, 1.82) is 0 Å². The number of carbonyl (C=O) groups is 1. The molecule has 0 fully saturated rings. The smallest absolute Gasteiger partial charge is 0.257 e. The molecular weight excluding hydrogens is 380 g/mol. The largest absolute Gasteiger partial charge is 0.494 e. The third kappa shape index (κ3) is 7.50. The first-order valence-electron chi connectivity index (χ1n) is 10.5. The number of amides is 1. The van der Waals surface area contributed by atoms with Crippen LogP contribution in [0, 0.1) is 0 Å². The molecule has 156 valence electrons. The van der Waals surface area contributed by atoms with Crippen LogP contribution in [-0.2, 0) is 0 Å². The minimum Gasteiger partial charge on any atom is -0.494 e. The van der Waals surface area contributed by atoms with Gasteiger partial charge in [0.1, 0.15) is 5.75 Å². The molecule has 2 rings (SSSR count). The quantitative estimate of drug-likeness (QED) is 0.356. The second kappa shape index (κ2) is 12.2. The molecule has 2 aromatic rings. The average Bonchev–Trinajstić information content (AvgIpc) is 2.73. The number of rotatable bonds is 10. The summed E-state index contributed by atoms with van der Waals surface area (Å²) in [6.45, 7) is 7.22. The van der Waals surface area contributed by atoms with E-state index in [1.165, 1.54) is 24.8 Å². The summed E-state index contributed by atoms with van der Waals surface area (Å²) in [5.41, 5.74) is 2.66. The Morgan fingerprint density at radius 3 is 2.45 bits per heavy atom. The Hall–Kier alpha value is -2.40. The lowest BCUT2D eigenvalue weighted by atomic mass is 9.97. The molecule has 0 bridgehead atoms. The van der Waals surface area contributed by atoms with Crippen molar-refractivity contribution in [3.05, 3.63) is 59.7 Å². The maximum atomic E-state index is 12.5. The summed E-state index contributed by atoms with van der Waals surface area (Å²) in [5.74, 6) is 0.950. The molecule has 2 N–H and O–H groups in total. The second-order valence-corrected chi connectivity index (χ2v) is 7.65. The van der Waals surface area contributed by atoms with Gasteiger partial charge in [-0.1, -0.05) is 58.2 Å². The Kier molecular flexibility index (Phi) is 9.65. The van der Waals surface area contributed by atoms with Gasteiger partial charge in [-0.15, -0.1) is 0 Å². The molecule has 0 saturated heterocycles. The van der Waals surface area contributed by atoms with Crippen molar-refractivity contribution in [2.75, 3.05) is 11.9 Å². The van der Waals surface area contributed by atoms with E-state index in [9.17, 15) is 4.79 Å². The summed E-state index contributed by atoms with van der Waals surface area (Å²) in [6.07, 6.45) is 5.71. The Labute approximate surface area is 180 Å². The Bertz CT molecular complexity index is 790. The van der Waals surface area contributed by atoms with Crippen LogP contribution in [0.5, 0.6) is 5.75 Å². The summed E-state index contributed by atoms with van der Waals surface area (Å²) < 4.78 is 5.72. The van der Waals surface area contributed by atoms with Crippen LogP contribution < -0.4 is 15.4 Å². The highest BCUT2D eigenvalue weighted by molar-refractivity contribution is 7.80. The molecule has 0 saturated carbocycles. The standard InChI is InChI=1S/C24H32N2O2S/c1-4-6-7-10-17-28-20-15-13-19(14-16-20)23(27)26-24(29)25-22-12-9-8-11-21(22)18(3)5-2/h8-9,11-16,18H,4-7,10,17H2,1-3H3,(H2,25,26,27,29)/t18-/m1/s1. The van der Waals surface area contributed by atoms with E-state index < -0.39 is 0 Å². The topological polar surface area (TPSA) is 50.4 Å². The molecule has 1 atom stereocenters. The zero-order valence-electron chi connectivity index (χ0n) is 17.7. The molecule has 0 spiro atoms. The van der Waals surface area contributed by atoms with Gasteiger partial charge >= 0.3 is 0 Å². The van der Waals surface area contributed by atoms with Crippen molar-refractivity contribution in [2.45, 2.75) is 58.8 Å². The van der Waals surface area contributed by atoms with Gasteiger partial charge in [-0.2, -0.15) is 0 Å². The first kappa shape index (κ1) is 22.9. The van der Waals surface area contributed by atoms with Gasteiger partial charge in [-0.25, -0.2) is 0 Å². The number of nitrogens with one attached hydrogen (secondary N) is 2. The van der Waals surface area contributed by atoms with E-state index in [1.807, 2.05) is 30.3 Å². The van der Waals surface area contributed by atoms with Gasteiger partial charge in [-0.3, -0.25) is 10.1 Å². The van der Waals surface area contributed by atoms with E-state index in [4.69, 9.17) is 17.0 Å². The number of carbonyl (C=O) groups excluding carboxylic acids is 1.